The fourth-order valence-electron chi connectivity index (χ4n) is 9.34. The van der Waals surface area contributed by atoms with Gasteiger partial charge >= 0.3 is 0 Å². The van der Waals surface area contributed by atoms with Gasteiger partial charge in [-0.05, 0) is 74.8 Å². The maximum absolute atomic E-state index is 12.4. The molecule has 15 nitrogen and oxygen atoms in total. The van der Waals surface area contributed by atoms with E-state index in [1.54, 1.807) is 97.1 Å². The van der Waals surface area contributed by atoms with Crippen molar-refractivity contribution in [2.24, 2.45) is 10.8 Å². The molecule has 8 aromatic carbocycles. The SMILES string of the molecule is CC(C)(C)C(=O)CCl.CC(C)(C)C(=O)CNc1ccc2c(c1)C(=O)C(=O)c1ccccc1-2.Nc1ccc2c(c1)C(=O)C(=O)c1ccccc1-2.O=C1C(=O)c2cc([N+](=O)[O-])ccc2-c2ccccc21.O=C1C(=O)c2ccccc2-c2ccccc21. The smallest absolute Gasteiger partial charge is 0.270 e. The van der Waals surface area contributed by atoms with Gasteiger partial charge in [-0.15, -0.1) is 11.6 Å². The molecule has 4 aliphatic carbocycles. The van der Waals surface area contributed by atoms with Crippen molar-refractivity contribution in [1.29, 1.82) is 0 Å². The molecule has 0 aliphatic heterocycles. The molecule has 16 heteroatoms. The van der Waals surface area contributed by atoms with Gasteiger partial charge in [-0.1, -0.05) is 175 Å². The number of nitrogens with one attached hydrogen (secondary N) is 1. The lowest BCUT2D eigenvalue weighted by Gasteiger charge is -2.20. The number of Topliss-reactive ketones (excluding diaryl/α,β-unsaturated/α-hetero) is 10. The molecule has 0 aromatic heterocycles. The van der Waals surface area contributed by atoms with E-state index >= 15 is 0 Å². The van der Waals surface area contributed by atoms with Gasteiger partial charge in [0, 0.05) is 78.8 Å². The fourth-order valence-corrected chi connectivity index (χ4v) is 9.74. The highest BCUT2D eigenvalue weighted by Gasteiger charge is 2.34. The summed E-state index contributed by atoms with van der Waals surface area (Å²) in [6.07, 6.45) is 0. The van der Waals surface area contributed by atoms with Crippen LogP contribution >= 0.6 is 11.6 Å². The lowest BCUT2D eigenvalue weighted by molar-refractivity contribution is -0.384. The molecule has 0 fully saturated rings. The van der Waals surface area contributed by atoms with Gasteiger partial charge in [-0.25, -0.2) is 0 Å². The topological polar surface area (TPSA) is 252 Å². The summed E-state index contributed by atoms with van der Waals surface area (Å²) in [4.78, 5) is 129. The first-order valence-corrected chi connectivity index (χ1v) is 26.9. The maximum atomic E-state index is 12.4. The lowest BCUT2D eigenvalue weighted by Crippen LogP contribution is -2.27. The highest BCUT2D eigenvalue weighted by Crippen LogP contribution is 2.38. The van der Waals surface area contributed by atoms with Crippen molar-refractivity contribution >= 4 is 86.5 Å². The molecule has 8 aromatic rings. The predicted octanol–water partition coefficient (Wildman–Crippen LogP) is 13.3. The van der Waals surface area contributed by atoms with E-state index in [1.807, 2.05) is 102 Å². The molecule has 0 radical (unpaired) electrons. The number of non-ortho nitro benzene ring substituents is 1. The van der Waals surface area contributed by atoms with Crippen LogP contribution in [0.15, 0.2) is 176 Å². The molecule has 0 amide bonds. The molecular weight excluding hydrogens is 1090 g/mol. The average molecular weight is 1140 g/mol. The van der Waals surface area contributed by atoms with Gasteiger partial charge in [0.2, 0.25) is 46.3 Å². The summed E-state index contributed by atoms with van der Waals surface area (Å²) < 4.78 is 0. The minimum Gasteiger partial charge on any atom is -0.399 e. The fraction of sp³-hybridized carbons (Fsp3) is 0.147. The second kappa shape index (κ2) is 24.5. The van der Waals surface area contributed by atoms with E-state index in [2.05, 4.69) is 5.32 Å². The summed E-state index contributed by atoms with van der Waals surface area (Å²) in [5.74, 6) is -3.76. The number of nitrogens with zero attached hydrogens (tertiary/aromatic N) is 1. The summed E-state index contributed by atoms with van der Waals surface area (Å²) in [7, 11) is 0. The van der Waals surface area contributed by atoms with E-state index in [4.69, 9.17) is 17.3 Å². The Balaban J connectivity index is 0.000000141. The number of nitro benzene ring substituents is 1. The number of fused-ring (bicyclic) bond motifs is 12. The van der Waals surface area contributed by atoms with E-state index in [0.29, 0.717) is 61.4 Å². The van der Waals surface area contributed by atoms with E-state index in [-0.39, 0.29) is 40.7 Å². The third-order valence-corrected chi connectivity index (χ3v) is 14.3. The lowest BCUT2D eigenvalue weighted by atomic mass is 9.84. The van der Waals surface area contributed by atoms with Gasteiger partial charge in [0.15, 0.2) is 11.6 Å². The molecule has 0 heterocycles. The van der Waals surface area contributed by atoms with Crippen molar-refractivity contribution in [1.82, 2.24) is 0 Å². The quantitative estimate of drug-likeness (QED) is 0.0535. The molecule has 0 saturated heterocycles. The summed E-state index contributed by atoms with van der Waals surface area (Å²) in [6.45, 7) is 11.4. The number of halogens is 1. The zero-order valence-corrected chi connectivity index (χ0v) is 47.2. The van der Waals surface area contributed by atoms with Crippen LogP contribution in [-0.4, -0.2) is 75.2 Å². The summed E-state index contributed by atoms with van der Waals surface area (Å²) in [5.41, 5.74) is 15.0. The van der Waals surface area contributed by atoms with Crippen molar-refractivity contribution in [3.8, 4) is 44.5 Å². The highest BCUT2D eigenvalue weighted by atomic mass is 35.5. The van der Waals surface area contributed by atoms with Crippen molar-refractivity contribution < 1.29 is 52.9 Å². The highest BCUT2D eigenvalue weighted by molar-refractivity contribution is 6.55. The molecule has 0 bridgehead atoms. The molecule has 0 saturated carbocycles. The number of anilines is 2. The van der Waals surface area contributed by atoms with Gasteiger partial charge in [0.25, 0.3) is 5.69 Å². The number of hydrogen-bond donors (Lipinski definition) is 2. The second-order valence-corrected chi connectivity index (χ2v) is 22.0. The number of rotatable bonds is 5. The van der Waals surface area contributed by atoms with Crippen LogP contribution in [-0.2, 0) is 9.59 Å². The van der Waals surface area contributed by atoms with Crippen molar-refractivity contribution in [3.05, 3.63) is 231 Å². The summed E-state index contributed by atoms with van der Waals surface area (Å²) in [5, 5.41) is 13.8. The van der Waals surface area contributed by atoms with Crippen LogP contribution in [0.25, 0.3) is 44.5 Å². The third-order valence-electron chi connectivity index (χ3n) is 14.1. The number of alkyl halides is 1. The third kappa shape index (κ3) is 12.3. The Labute approximate surface area is 488 Å². The van der Waals surface area contributed by atoms with E-state index in [0.717, 1.165) is 39.4 Å². The number of carbonyl (C=O) groups is 10. The normalized spacial score (nSPS) is 13.0. The first-order valence-electron chi connectivity index (χ1n) is 26.3. The van der Waals surface area contributed by atoms with Gasteiger partial charge in [0.1, 0.15) is 0 Å². The molecule has 84 heavy (non-hydrogen) atoms. The maximum Gasteiger partial charge on any atom is 0.270 e. The minimum atomic E-state index is -0.697. The molecule has 0 unspecified atom stereocenters. The van der Waals surface area contributed by atoms with Gasteiger partial charge in [0.05, 0.1) is 17.3 Å². The van der Waals surface area contributed by atoms with E-state index < -0.39 is 56.6 Å². The Morgan fingerprint density at radius 2 is 0.667 bits per heavy atom. The first kappa shape index (κ1) is 59.9. The Morgan fingerprint density at radius 1 is 0.393 bits per heavy atom. The number of benzene rings is 8. The van der Waals surface area contributed by atoms with E-state index in [9.17, 15) is 58.1 Å². The standard InChI is InChI=1S/C20H19NO3.C14H7NO4.C14H9NO2.C14H8O2.C6H11ClO/c1-20(2,3)17(22)11-21-12-8-9-14-13-6-4-5-7-15(13)18(23)19(24)16(14)10-12;16-13-11-4-2-1-3-9(11)10-6-5-8(15(18)19)7-12(10)14(13)17;15-8-5-6-10-9-3-1-2-4-11(9)13(16)14(17)12(10)7-8;15-13-11-7-3-1-5-9(11)10-6-2-4-8-12(10)14(13)16;1-6(2,3)5(8)4-7/h4-10,21H,11H2,1-3H3;1-7H;1-7H,15H2;1-8H;4H2,1-3H3. The van der Waals surface area contributed by atoms with Crippen molar-refractivity contribution in [2.45, 2.75) is 41.5 Å². The monoisotopic (exact) mass is 1140 g/mol. The number of hydrogen-bond acceptors (Lipinski definition) is 14. The number of carbonyl (C=O) groups excluding carboxylic acids is 10. The Morgan fingerprint density at radius 3 is 0.976 bits per heavy atom. The predicted molar refractivity (Wildman–Crippen MR) is 321 cm³/mol. The molecule has 3 N–H and O–H groups in total. The summed E-state index contributed by atoms with van der Waals surface area (Å²) in [6, 6.07) is 49.8. The van der Waals surface area contributed by atoms with Gasteiger partial charge < -0.3 is 11.1 Å². The van der Waals surface area contributed by atoms with Gasteiger partial charge in [-0.2, -0.15) is 0 Å². The van der Waals surface area contributed by atoms with Crippen LogP contribution in [0.3, 0.4) is 0 Å². The summed E-state index contributed by atoms with van der Waals surface area (Å²) >= 11 is 5.29. The Bertz CT molecular complexity index is 4070. The zero-order valence-electron chi connectivity index (χ0n) is 46.5. The van der Waals surface area contributed by atoms with Crippen molar-refractivity contribution in [3.63, 3.8) is 0 Å². The van der Waals surface area contributed by atoms with Crippen LogP contribution in [0, 0.1) is 20.9 Å². The van der Waals surface area contributed by atoms with Crippen LogP contribution in [0.4, 0.5) is 17.1 Å². The van der Waals surface area contributed by atoms with Crippen LogP contribution in [0.1, 0.15) is 124 Å². The molecule has 0 atom stereocenters. The Kier molecular flexibility index (Phi) is 17.4. The van der Waals surface area contributed by atoms with E-state index in [1.165, 1.54) is 12.1 Å². The zero-order chi connectivity index (χ0) is 60.9. The van der Waals surface area contributed by atoms with Crippen LogP contribution in [0.2, 0.25) is 0 Å². The number of ketones is 10. The van der Waals surface area contributed by atoms with Crippen LogP contribution < -0.4 is 11.1 Å². The van der Waals surface area contributed by atoms with Crippen LogP contribution in [0.5, 0.6) is 0 Å². The Hall–Kier alpha value is -10.3. The first-order chi connectivity index (χ1) is 39.8. The number of nitro groups is 1. The molecule has 4 aliphatic rings. The molecule has 12 rings (SSSR count). The average Bonchev–Trinajstić information content (AvgIpc) is 1.03. The largest absolute Gasteiger partial charge is 0.399 e. The molecule has 420 valence electrons. The second-order valence-electron chi connectivity index (χ2n) is 21.7. The molecule has 0 spiro atoms. The number of nitrogen functional groups attached to an aromatic ring is 1. The number of nitrogens with two attached hydrogens (primary N) is 1. The molecular formula is C68H54ClN3O12. The van der Waals surface area contributed by atoms with Crippen molar-refractivity contribution in [2.75, 3.05) is 23.5 Å². The minimum absolute atomic E-state index is 0.0768. The van der Waals surface area contributed by atoms with Gasteiger partial charge in [-0.3, -0.25) is 58.1 Å².